The molecular formula is C10H10FNO. The van der Waals surface area contributed by atoms with Gasteiger partial charge in [0.05, 0.1) is 5.54 Å². The number of hydrogen-bond donors (Lipinski definition) is 0. The molecule has 0 bridgehead atoms. The number of aliphatic imine (C=N–C) groups is 1. The van der Waals surface area contributed by atoms with Gasteiger partial charge < -0.3 is 0 Å². The Kier molecular flexibility index (Phi) is 2.59. The van der Waals surface area contributed by atoms with E-state index in [9.17, 15) is 9.18 Å². The predicted molar refractivity (Wildman–Crippen MR) is 47.5 cm³/mol. The number of nitrogens with zero attached hydrogens (tertiary/aromatic N) is 1. The molecule has 0 heterocycles. The van der Waals surface area contributed by atoms with Crippen molar-refractivity contribution in [2.45, 2.75) is 19.4 Å². The van der Waals surface area contributed by atoms with Gasteiger partial charge in [-0.1, -0.05) is 12.1 Å². The molecule has 0 aromatic heterocycles. The van der Waals surface area contributed by atoms with E-state index in [2.05, 4.69) is 4.99 Å². The van der Waals surface area contributed by atoms with Crippen molar-refractivity contribution in [3.05, 3.63) is 35.6 Å². The second-order valence-electron chi connectivity index (χ2n) is 3.27. The molecular weight excluding hydrogens is 169 g/mol. The van der Waals surface area contributed by atoms with E-state index in [-0.39, 0.29) is 5.82 Å². The molecule has 0 atom stereocenters. The number of rotatable bonds is 2. The normalized spacial score (nSPS) is 10.7. The molecule has 1 rings (SSSR count). The average Bonchev–Trinajstić information content (AvgIpc) is 2.05. The Bertz CT molecular complexity index is 336. The van der Waals surface area contributed by atoms with Crippen LogP contribution in [0.2, 0.25) is 0 Å². The van der Waals surface area contributed by atoms with Crippen LogP contribution in [-0.4, -0.2) is 6.08 Å². The molecule has 0 N–H and O–H groups in total. The molecule has 0 unspecified atom stereocenters. The summed E-state index contributed by atoms with van der Waals surface area (Å²) in [5.74, 6) is -0.297. The zero-order valence-electron chi connectivity index (χ0n) is 7.54. The highest BCUT2D eigenvalue weighted by molar-refractivity contribution is 5.37. The van der Waals surface area contributed by atoms with Crippen molar-refractivity contribution in [3.63, 3.8) is 0 Å². The lowest BCUT2D eigenvalue weighted by molar-refractivity contribution is 0.521. The smallest absolute Gasteiger partial charge is 0.211 e. The third-order valence-electron chi connectivity index (χ3n) is 1.88. The monoisotopic (exact) mass is 179 g/mol. The zero-order chi connectivity index (χ0) is 9.90. The molecule has 0 aliphatic heterocycles. The fraction of sp³-hybridized carbons (Fsp3) is 0.300. The minimum Gasteiger partial charge on any atom is -0.211 e. The predicted octanol–water partition coefficient (Wildman–Crippen LogP) is 2.40. The van der Waals surface area contributed by atoms with Crippen molar-refractivity contribution in [2.75, 3.05) is 0 Å². The Morgan fingerprint density at radius 2 is 1.85 bits per heavy atom. The third-order valence-corrected chi connectivity index (χ3v) is 1.88. The lowest BCUT2D eigenvalue weighted by Gasteiger charge is -2.17. The number of isocyanates is 1. The van der Waals surface area contributed by atoms with Crippen molar-refractivity contribution in [3.8, 4) is 0 Å². The highest BCUT2D eigenvalue weighted by Crippen LogP contribution is 2.23. The van der Waals surface area contributed by atoms with Crippen LogP contribution in [0.1, 0.15) is 19.4 Å². The minimum atomic E-state index is -0.630. The first-order valence-electron chi connectivity index (χ1n) is 3.91. The van der Waals surface area contributed by atoms with Gasteiger partial charge in [0.15, 0.2) is 0 Å². The van der Waals surface area contributed by atoms with E-state index in [1.165, 1.54) is 18.2 Å². The van der Waals surface area contributed by atoms with E-state index in [0.717, 1.165) is 5.56 Å². The highest BCUT2D eigenvalue weighted by Gasteiger charge is 2.18. The average molecular weight is 179 g/mol. The van der Waals surface area contributed by atoms with Gasteiger partial charge in [-0.3, -0.25) is 0 Å². The number of carbonyl (C=O) groups excluding carboxylic acids is 1. The maximum atomic E-state index is 12.6. The Labute approximate surface area is 76.1 Å². The van der Waals surface area contributed by atoms with Crippen LogP contribution < -0.4 is 0 Å². The molecule has 0 amide bonds. The van der Waals surface area contributed by atoms with Crippen LogP contribution in [0.3, 0.4) is 0 Å². The Morgan fingerprint density at radius 1 is 1.31 bits per heavy atom. The summed E-state index contributed by atoms with van der Waals surface area (Å²) in [6, 6.07) is 5.90. The molecule has 2 nitrogen and oxygen atoms in total. The standard InChI is InChI=1S/C10H10FNO/c1-10(2,12-7-13)8-3-5-9(11)6-4-8/h3-6H,1-2H3. The van der Waals surface area contributed by atoms with Crippen LogP contribution in [0, 0.1) is 5.82 Å². The summed E-state index contributed by atoms with van der Waals surface area (Å²) in [7, 11) is 0. The van der Waals surface area contributed by atoms with E-state index >= 15 is 0 Å². The molecule has 0 fully saturated rings. The summed E-state index contributed by atoms with van der Waals surface area (Å²) in [5.41, 5.74) is 0.160. The second kappa shape index (κ2) is 3.50. The quantitative estimate of drug-likeness (QED) is 0.506. The largest absolute Gasteiger partial charge is 0.235 e. The number of halogens is 1. The van der Waals surface area contributed by atoms with Gasteiger partial charge in [-0.15, -0.1) is 0 Å². The molecule has 1 aromatic rings. The maximum Gasteiger partial charge on any atom is 0.235 e. The summed E-state index contributed by atoms with van der Waals surface area (Å²) in [6.07, 6.45) is 1.50. The van der Waals surface area contributed by atoms with E-state index in [1.54, 1.807) is 26.0 Å². The summed E-state index contributed by atoms with van der Waals surface area (Å²) in [5, 5.41) is 0. The van der Waals surface area contributed by atoms with Crippen molar-refractivity contribution in [1.82, 2.24) is 0 Å². The first-order chi connectivity index (χ1) is 6.06. The molecule has 3 heteroatoms. The number of benzene rings is 1. The second-order valence-corrected chi connectivity index (χ2v) is 3.27. The van der Waals surface area contributed by atoms with E-state index in [1.807, 2.05) is 0 Å². The Hall–Kier alpha value is -1.47. The maximum absolute atomic E-state index is 12.6. The summed E-state index contributed by atoms with van der Waals surface area (Å²) < 4.78 is 12.6. The van der Waals surface area contributed by atoms with Crippen molar-refractivity contribution in [1.29, 1.82) is 0 Å². The minimum absolute atomic E-state index is 0.297. The van der Waals surface area contributed by atoms with Crippen molar-refractivity contribution >= 4 is 6.08 Å². The van der Waals surface area contributed by atoms with Crippen molar-refractivity contribution in [2.24, 2.45) is 4.99 Å². The molecule has 13 heavy (non-hydrogen) atoms. The van der Waals surface area contributed by atoms with E-state index < -0.39 is 5.54 Å². The Morgan fingerprint density at radius 3 is 2.31 bits per heavy atom. The summed E-state index contributed by atoms with van der Waals surface area (Å²) in [6.45, 7) is 3.54. The lowest BCUT2D eigenvalue weighted by Crippen LogP contribution is -2.13. The van der Waals surface area contributed by atoms with Gasteiger partial charge in [0.25, 0.3) is 0 Å². The van der Waals surface area contributed by atoms with Crippen molar-refractivity contribution < 1.29 is 9.18 Å². The lowest BCUT2D eigenvalue weighted by atomic mass is 9.95. The molecule has 0 saturated heterocycles. The van der Waals surface area contributed by atoms with Gasteiger partial charge in [-0.25, -0.2) is 9.18 Å². The van der Waals surface area contributed by atoms with Crippen LogP contribution in [0.5, 0.6) is 0 Å². The van der Waals surface area contributed by atoms with Gasteiger partial charge >= 0.3 is 0 Å². The number of hydrogen-bond acceptors (Lipinski definition) is 2. The van der Waals surface area contributed by atoms with Gasteiger partial charge in [0.2, 0.25) is 6.08 Å². The summed E-state index contributed by atoms with van der Waals surface area (Å²) >= 11 is 0. The van der Waals surface area contributed by atoms with Gasteiger partial charge in [0.1, 0.15) is 5.82 Å². The van der Waals surface area contributed by atoms with Gasteiger partial charge in [-0.2, -0.15) is 4.99 Å². The first kappa shape index (κ1) is 9.62. The van der Waals surface area contributed by atoms with Crippen LogP contribution in [0.15, 0.2) is 29.3 Å². The van der Waals surface area contributed by atoms with E-state index in [0.29, 0.717) is 0 Å². The van der Waals surface area contributed by atoms with E-state index in [4.69, 9.17) is 0 Å². The molecule has 0 aliphatic rings. The molecule has 1 aromatic carbocycles. The molecule has 0 spiro atoms. The fourth-order valence-electron chi connectivity index (χ4n) is 1.04. The SMILES string of the molecule is CC(C)(N=C=O)c1ccc(F)cc1. The third kappa shape index (κ3) is 2.23. The van der Waals surface area contributed by atoms with Gasteiger partial charge in [-0.05, 0) is 31.5 Å². The van der Waals surface area contributed by atoms with Crippen LogP contribution in [-0.2, 0) is 10.3 Å². The van der Waals surface area contributed by atoms with Crippen LogP contribution in [0.4, 0.5) is 4.39 Å². The highest BCUT2D eigenvalue weighted by atomic mass is 19.1. The molecule has 0 radical (unpaired) electrons. The zero-order valence-corrected chi connectivity index (χ0v) is 7.54. The molecule has 0 saturated carbocycles. The molecule has 68 valence electrons. The fourth-order valence-corrected chi connectivity index (χ4v) is 1.04. The Balaban J connectivity index is 3.07. The van der Waals surface area contributed by atoms with Gasteiger partial charge in [0, 0.05) is 0 Å². The first-order valence-corrected chi connectivity index (χ1v) is 3.91. The molecule has 0 aliphatic carbocycles. The van der Waals surface area contributed by atoms with Crippen LogP contribution in [0.25, 0.3) is 0 Å². The topological polar surface area (TPSA) is 29.4 Å². The van der Waals surface area contributed by atoms with Crippen LogP contribution >= 0.6 is 0 Å². The summed E-state index contributed by atoms with van der Waals surface area (Å²) in [4.78, 5) is 13.7.